The number of ether oxygens (including phenoxy) is 1. The molecule has 6 nitrogen and oxygen atoms in total. The summed E-state index contributed by atoms with van der Waals surface area (Å²) in [5.41, 5.74) is 2.20. The Kier molecular flexibility index (Phi) is 4.87. The molecule has 0 spiro atoms. The molecule has 52 heavy (non-hydrogen) atoms. The van der Waals surface area contributed by atoms with Gasteiger partial charge in [0.1, 0.15) is 11.5 Å². The van der Waals surface area contributed by atoms with Gasteiger partial charge in [0, 0.05) is 54.4 Å². The zero-order valence-corrected chi connectivity index (χ0v) is 29.3. The number of fused-ring (bicyclic) bond motifs is 7. The van der Waals surface area contributed by atoms with Gasteiger partial charge in [0.2, 0.25) is 0 Å². The molecular weight excluding hydrogens is 641 g/mol. The molecular formula is C46H42N4O2. The fourth-order valence-corrected chi connectivity index (χ4v) is 7.60. The molecule has 0 amide bonds. The summed E-state index contributed by atoms with van der Waals surface area (Å²) >= 11 is 0. The van der Waals surface area contributed by atoms with Crippen LogP contribution in [0.2, 0.25) is 0 Å². The van der Waals surface area contributed by atoms with Crippen molar-refractivity contribution in [2.45, 2.75) is 72.4 Å². The van der Waals surface area contributed by atoms with Crippen molar-refractivity contribution in [1.29, 1.82) is 0 Å². The lowest BCUT2D eigenvalue weighted by molar-refractivity contribution is 0.306. The Hall–Kier alpha value is -5.75. The Balaban J connectivity index is 1.36. The van der Waals surface area contributed by atoms with Crippen molar-refractivity contribution in [3.8, 4) is 45.3 Å². The normalized spacial score (nSPS) is 18.8. The predicted octanol–water partition coefficient (Wildman–Crippen LogP) is 11.9. The lowest BCUT2D eigenvalue weighted by Crippen LogP contribution is -2.39. The van der Waals surface area contributed by atoms with E-state index in [2.05, 4.69) is 37.7 Å². The van der Waals surface area contributed by atoms with E-state index in [9.17, 15) is 0 Å². The molecule has 0 aliphatic carbocycles. The lowest BCUT2D eigenvalue weighted by Gasteiger charge is -2.41. The van der Waals surface area contributed by atoms with Crippen molar-refractivity contribution in [3.63, 3.8) is 0 Å². The van der Waals surface area contributed by atoms with E-state index in [1.807, 2.05) is 48.5 Å². The zero-order chi connectivity index (χ0) is 45.4. The van der Waals surface area contributed by atoms with Crippen LogP contribution >= 0.6 is 0 Å². The first-order chi connectivity index (χ1) is 29.3. The van der Waals surface area contributed by atoms with E-state index >= 15 is 0 Å². The Morgan fingerprint density at radius 2 is 1.52 bits per heavy atom. The average molecular weight is 694 g/mol. The van der Waals surface area contributed by atoms with E-state index in [-0.39, 0.29) is 73.2 Å². The number of rotatable bonds is 4. The number of benzene rings is 5. The van der Waals surface area contributed by atoms with Gasteiger partial charge in [0.05, 0.1) is 27.8 Å². The van der Waals surface area contributed by atoms with Gasteiger partial charge in [-0.05, 0) is 85.1 Å². The van der Waals surface area contributed by atoms with Crippen LogP contribution in [0, 0.1) is 20.6 Å². The van der Waals surface area contributed by atoms with Gasteiger partial charge in [-0.15, -0.1) is 0 Å². The van der Waals surface area contributed by atoms with Gasteiger partial charge in [-0.25, -0.2) is 9.97 Å². The number of hydrogen-bond donors (Lipinski definition) is 0. The zero-order valence-electron chi connectivity index (χ0n) is 40.3. The second-order valence-electron chi connectivity index (χ2n) is 14.3. The summed E-state index contributed by atoms with van der Waals surface area (Å²) in [5.74, 6) is 0.895. The number of oxazole rings is 1. The van der Waals surface area contributed by atoms with E-state index in [1.165, 1.54) is 25.1 Å². The smallest absolute Gasteiger partial charge is 0.307 e. The Labute approximate surface area is 319 Å². The number of nitrogens with zero attached hydrogens (tertiary/aromatic N) is 4. The SMILES string of the molecule is [2H]C([2H])([2H])c1ccc(-c2c(C([2H])([2H])[2H])ccc3c2Oc2ccccc2C(C)(C)C3(C)C)cc1-c1nc(-c2c(C([2H])([2H])C)ccc3c2oc2nc4ccccc4n23)ncc1C([2H])([2H])[2H]. The van der Waals surface area contributed by atoms with Crippen LogP contribution in [0.5, 0.6) is 11.5 Å². The van der Waals surface area contributed by atoms with Crippen LogP contribution in [0.4, 0.5) is 0 Å². The highest BCUT2D eigenvalue weighted by Gasteiger charge is 2.45. The van der Waals surface area contributed by atoms with Gasteiger partial charge >= 0.3 is 5.84 Å². The van der Waals surface area contributed by atoms with Gasteiger partial charge in [0.15, 0.2) is 11.4 Å². The van der Waals surface area contributed by atoms with Crippen molar-refractivity contribution in [3.05, 3.63) is 131 Å². The van der Waals surface area contributed by atoms with Crippen LogP contribution in [-0.2, 0) is 17.2 Å². The second kappa shape index (κ2) is 11.4. The predicted molar refractivity (Wildman–Crippen MR) is 211 cm³/mol. The molecule has 1 aliphatic heterocycles. The monoisotopic (exact) mass is 693 g/mol. The first kappa shape index (κ1) is 22.2. The molecule has 0 saturated carbocycles. The fraction of sp³-hybridized carbons (Fsp3) is 0.239. The second-order valence-corrected chi connectivity index (χ2v) is 14.3. The first-order valence-corrected chi connectivity index (χ1v) is 17.1. The van der Waals surface area contributed by atoms with Gasteiger partial charge in [-0.2, -0.15) is 4.98 Å². The number of imidazole rings is 1. The summed E-state index contributed by atoms with van der Waals surface area (Å²) in [6.45, 7) is 1.35. The van der Waals surface area contributed by atoms with Crippen molar-refractivity contribution < 1.29 is 24.2 Å². The third-order valence-electron chi connectivity index (χ3n) is 11.1. The van der Waals surface area contributed by atoms with Gasteiger partial charge in [0.25, 0.3) is 0 Å². The molecule has 5 aromatic carbocycles. The number of para-hydroxylation sites is 3. The third kappa shape index (κ3) is 4.52. The topological polar surface area (TPSA) is 65.5 Å². The largest absolute Gasteiger partial charge is 0.456 e. The quantitative estimate of drug-likeness (QED) is 0.184. The van der Waals surface area contributed by atoms with E-state index < -0.39 is 37.8 Å². The van der Waals surface area contributed by atoms with E-state index in [0.717, 1.165) is 17.3 Å². The molecule has 0 radical (unpaired) electrons. The third-order valence-corrected chi connectivity index (χ3v) is 11.1. The minimum atomic E-state index is -2.87. The Bertz CT molecular complexity index is 3170. The van der Waals surface area contributed by atoms with E-state index in [4.69, 9.17) is 29.2 Å². The Morgan fingerprint density at radius 1 is 0.750 bits per heavy atom. The van der Waals surface area contributed by atoms with Crippen LogP contribution in [0.3, 0.4) is 0 Å². The molecule has 6 heteroatoms. The maximum atomic E-state index is 8.85. The molecule has 0 bridgehead atoms. The van der Waals surface area contributed by atoms with Crippen LogP contribution in [-0.4, -0.2) is 19.4 Å². The maximum absolute atomic E-state index is 8.85. The van der Waals surface area contributed by atoms with Gasteiger partial charge in [-0.3, -0.25) is 4.40 Å². The molecule has 0 saturated heterocycles. The van der Waals surface area contributed by atoms with Gasteiger partial charge in [-0.1, -0.05) is 95.3 Å². The van der Waals surface area contributed by atoms with Crippen molar-refractivity contribution in [2.75, 3.05) is 0 Å². The standard InChI is InChI=1S/C46H42N4O2/c1-9-29-21-23-36-42(52-44-48-34-15-11-12-16-35(34)50(36)44)39(29)43-47-25-28(4)40(49-43)31-24-30(20-18-26(31)2)38-27(3)19-22-33-41(38)51-37-17-13-10-14-32(37)45(5,6)46(33,7)8/h10-25H,9H2,1-8H3/i2D3,3D3,4D3,9D2. The molecule has 9 rings (SSSR count). The number of aromatic nitrogens is 4. The average Bonchev–Trinajstić information content (AvgIpc) is 3.73. The molecule has 258 valence electrons. The molecule has 0 fully saturated rings. The number of aryl methyl sites for hydroxylation is 4. The van der Waals surface area contributed by atoms with Crippen LogP contribution < -0.4 is 4.74 Å². The van der Waals surface area contributed by atoms with Crippen molar-refractivity contribution >= 4 is 28.0 Å². The summed E-state index contributed by atoms with van der Waals surface area (Å²) < 4.78 is 111. The first-order valence-electron chi connectivity index (χ1n) is 22.6. The van der Waals surface area contributed by atoms with Gasteiger partial charge < -0.3 is 9.15 Å². The lowest BCUT2D eigenvalue weighted by atomic mass is 9.61. The minimum Gasteiger partial charge on any atom is -0.456 e. The minimum absolute atomic E-state index is 0.0573. The molecule has 0 N–H and O–H groups in total. The molecule has 4 heterocycles. The summed E-state index contributed by atoms with van der Waals surface area (Å²) in [6, 6.07) is 25.9. The van der Waals surface area contributed by atoms with Crippen molar-refractivity contribution in [1.82, 2.24) is 19.4 Å². The summed E-state index contributed by atoms with van der Waals surface area (Å²) in [7, 11) is 0. The van der Waals surface area contributed by atoms with Crippen LogP contribution in [0.1, 0.15) is 83.1 Å². The fourth-order valence-electron chi connectivity index (χ4n) is 7.60. The Morgan fingerprint density at radius 3 is 2.35 bits per heavy atom. The molecule has 1 aliphatic rings. The van der Waals surface area contributed by atoms with Crippen molar-refractivity contribution in [2.24, 2.45) is 0 Å². The van der Waals surface area contributed by atoms with Crippen LogP contribution in [0.25, 0.3) is 61.7 Å². The highest BCUT2D eigenvalue weighted by atomic mass is 16.5. The highest BCUT2D eigenvalue weighted by Crippen LogP contribution is 2.55. The highest BCUT2D eigenvalue weighted by molar-refractivity contribution is 5.96. The van der Waals surface area contributed by atoms with E-state index in [1.54, 1.807) is 28.7 Å². The summed E-state index contributed by atoms with van der Waals surface area (Å²) in [6.07, 6.45) is -0.890. The molecule has 0 atom stereocenters. The van der Waals surface area contributed by atoms with E-state index in [0.29, 0.717) is 22.3 Å². The number of hydrogen-bond acceptors (Lipinski definition) is 5. The molecule has 3 aromatic heterocycles. The maximum Gasteiger partial charge on any atom is 0.307 e. The van der Waals surface area contributed by atoms with Crippen LogP contribution in [0.15, 0.2) is 102 Å². The molecule has 0 unspecified atom stereocenters. The molecule has 8 aromatic rings. The summed E-state index contributed by atoms with van der Waals surface area (Å²) in [5, 5.41) is 0. The summed E-state index contributed by atoms with van der Waals surface area (Å²) in [4.78, 5) is 14.0.